The van der Waals surface area contributed by atoms with Gasteiger partial charge < -0.3 is 4.74 Å². The van der Waals surface area contributed by atoms with Crippen LogP contribution in [0, 0.1) is 13.8 Å². The van der Waals surface area contributed by atoms with Gasteiger partial charge >= 0.3 is 0 Å². The van der Waals surface area contributed by atoms with Crippen LogP contribution in [0.25, 0.3) is 11.4 Å². The minimum absolute atomic E-state index is 0.690. The summed E-state index contributed by atoms with van der Waals surface area (Å²) in [6.45, 7) is 9.19. The molecule has 3 nitrogen and oxygen atoms in total. The Kier molecular flexibility index (Phi) is 9.03. The van der Waals surface area contributed by atoms with Crippen molar-refractivity contribution in [3.63, 3.8) is 0 Å². The van der Waals surface area contributed by atoms with Crippen molar-refractivity contribution in [1.29, 1.82) is 0 Å². The highest BCUT2D eigenvalue weighted by Crippen LogP contribution is 2.26. The highest BCUT2D eigenvalue weighted by molar-refractivity contribution is 5.61. The summed E-state index contributed by atoms with van der Waals surface area (Å²) >= 11 is 0. The van der Waals surface area contributed by atoms with E-state index < -0.39 is 0 Å². The van der Waals surface area contributed by atoms with Gasteiger partial charge in [-0.3, -0.25) is 0 Å². The molecule has 0 amide bonds. The van der Waals surface area contributed by atoms with Gasteiger partial charge in [0.2, 0.25) is 5.88 Å². The Morgan fingerprint density at radius 1 is 1.07 bits per heavy atom. The predicted octanol–water partition coefficient (Wildman–Crippen LogP) is 6.62. The quantitative estimate of drug-likeness (QED) is 0.331. The van der Waals surface area contributed by atoms with Crippen LogP contribution >= 0.6 is 0 Å². The molecule has 0 aliphatic heterocycles. The third-order valence-corrected chi connectivity index (χ3v) is 4.75. The van der Waals surface area contributed by atoms with Crippen LogP contribution in [0.15, 0.2) is 36.5 Å². The molecule has 0 bridgehead atoms. The Morgan fingerprint density at radius 2 is 1.93 bits per heavy atom. The van der Waals surface area contributed by atoms with Gasteiger partial charge in [0.15, 0.2) is 5.82 Å². The number of aromatic nitrogens is 2. The zero-order valence-electron chi connectivity index (χ0n) is 17.4. The van der Waals surface area contributed by atoms with E-state index in [0.717, 1.165) is 48.5 Å². The lowest BCUT2D eigenvalue weighted by atomic mass is 10.0. The summed E-state index contributed by atoms with van der Waals surface area (Å²) < 4.78 is 6.09. The number of hydrogen-bond acceptors (Lipinski definition) is 3. The van der Waals surface area contributed by atoms with Gasteiger partial charge in [-0.1, -0.05) is 56.0 Å². The van der Waals surface area contributed by atoms with Crippen molar-refractivity contribution < 1.29 is 4.74 Å². The molecule has 27 heavy (non-hydrogen) atoms. The van der Waals surface area contributed by atoms with E-state index in [-0.39, 0.29) is 0 Å². The highest BCUT2D eigenvalue weighted by atomic mass is 16.5. The van der Waals surface area contributed by atoms with Gasteiger partial charge in [0.1, 0.15) is 0 Å². The zero-order chi connectivity index (χ0) is 19.5. The third-order valence-electron chi connectivity index (χ3n) is 4.75. The molecule has 0 radical (unpaired) electrons. The minimum atomic E-state index is 0.690. The average Bonchev–Trinajstić information content (AvgIpc) is 2.67. The van der Waals surface area contributed by atoms with E-state index in [9.17, 15) is 0 Å². The standard InChI is InChI=1S/C24H34N2O/c1-5-7-9-11-13-21-18-25-23(22-17-19(3)14-15-20(22)4)26-24(21)27-16-12-10-8-6-2/h6,8,14-15,17-18H,5,7,9-13,16H2,1-4H3. The molecule has 0 N–H and O–H groups in total. The van der Waals surface area contributed by atoms with Gasteiger partial charge in [-0.05, 0) is 58.1 Å². The fraction of sp³-hybridized carbons (Fsp3) is 0.500. The molecule has 0 atom stereocenters. The summed E-state index contributed by atoms with van der Waals surface area (Å²) in [5.41, 5.74) is 4.63. The van der Waals surface area contributed by atoms with Gasteiger partial charge in [-0.2, -0.15) is 4.98 Å². The molecule has 3 heteroatoms. The molecule has 146 valence electrons. The molecular formula is C24H34N2O. The van der Waals surface area contributed by atoms with Crippen molar-refractivity contribution >= 4 is 0 Å². The topological polar surface area (TPSA) is 35.0 Å². The van der Waals surface area contributed by atoms with Crippen molar-refractivity contribution in [1.82, 2.24) is 9.97 Å². The Labute approximate surface area is 164 Å². The van der Waals surface area contributed by atoms with Gasteiger partial charge in [0, 0.05) is 17.3 Å². The second-order valence-corrected chi connectivity index (χ2v) is 7.21. The van der Waals surface area contributed by atoms with E-state index >= 15 is 0 Å². The van der Waals surface area contributed by atoms with Crippen LogP contribution in [0.5, 0.6) is 5.88 Å². The van der Waals surface area contributed by atoms with Crippen LogP contribution in [0.3, 0.4) is 0 Å². The molecule has 0 saturated carbocycles. The van der Waals surface area contributed by atoms with Crippen LogP contribution in [0.4, 0.5) is 0 Å². The zero-order valence-corrected chi connectivity index (χ0v) is 17.4. The molecule has 2 aromatic rings. The smallest absolute Gasteiger partial charge is 0.220 e. The van der Waals surface area contributed by atoms with Crippen LogP contribution in [0.1, 0.15) is 69.1 Å². The summed E-state index contributed by atoms with van der Waals surface area (Å²) in [4.78, 5) is 9.48. The van der Waals surface area contributed by atoms with E-state index in [4.69, 9.17) is 9.72 Å². The molecule has 0 aliphatic rings. The lowest BCUT2D eigenvalue weighted by Crippen LogP contribution is -2.05. The monoisotopic (exact) mass is 366 g/mol. The minimum Gasteiger partial charge on any atom is -0.477 e. The second-order valence-electron chi connectivity index (χ2n) is 7.21. The Morgan fingerprint density at radius 3 is 2.70 bits per heavy atom. The number of allylic oxidation sites excluding steroid dienone is 2. The molecule has 0 spiro atoms. The van der Waals surface area contributed by atoms with Gasteiger partial charge in [0.05, 0.1) is 6.61 Å². The van der Waals surface area contributed by atoms with Crippen LogP contribution < -0.4 is 4.74 Å². The molecule has 0 unspecified atom stereocenters. The number of hydrogen-bond donors (Lipinski definition) is 0. The molecule has 1 aromatic carbocycles. The number of ether oxygens (including phenoxy) is 1. The molecule has 2 rings (SSSR count). The number of benzene rings is 1. The maximum absolute atomic E-state index is 6.09. The van der Waals surface area contributed by atoms with E-state index in [1.54, 1.807) is 0 Å². The van der Waals surface area contributed by atoms with Crippen molar-refractivity contribution in [2.24, 2.45) is 0 Å². The van der Waals surface area contributed by atoms with E-state index in [0.29, 0.717) is 6.61 Å². The number of nitrogens with zero attached hydrogens (tertiary/aromatic N) is 2. The first kappa shape index (κ1) is 21.1. The fourth-order valence-corrected chi connectivity index (χ4v) is 3.07. The maximum Gasteiger partial charge on any atom is 0.220 e. The molecular weight excluding hydrogens is 332 g/mol. The first-order chi connectivity index (χ1) is 13.2. The predicted molar refractivity (Wildman–Crippen MR) is 114 cm³/mol. The highest BCUT2D eigenvalue weighted by Gasteiger charge is 2.12. The summed E-state index contributed by atoms with van der Waals surface area (Å²) in [6, 6.07) is 6.41. The summed E-state index contributed by atoms with van der Waals surface area (Å²) in [6.07, 6.45) is 14.2. The Bertz CT molecular complexity index is 737. The van der Waals surface area contributed by atoms with E-state index in [1.165, 1.54) is 30.4 Å². The maximum atomic E-state index is 6.09. The van der Waals surface area contributed by atoms with Crippen molar-refractivity contribution in [2.45, 2.75) is 72.6 Å². The second kappa shape index (κ2) is 11.5. The number of aryl methyl sites for hydroxylation is 3. The first-order valence-electron chi connectivity index (χ1n) is 10.3. The largest absolute Gasteiger partial charge is 0.477 e. The molecule has 0 aliphatic carbocycles. The SMILES string of the molecule is CC=CCCCOc1nc(-c2cc(C)ccc2C)ncc1CCCCCC. The lowest BCUT2D eigenvalue weighted by Gasteiger charge is -2.13. The normalized spacial score (nSPS) is 11.3. The van der Waals surface area contributed by atoms with E-state index in [2.05, 4.69) is 63.0 Å². The first-order valence-corrected chi connectivity index (χ1v) is 10.3. The van der Waals surface area contributed by atoms with E-state index in [1.807, 2.05) is 6.20 Å². The summed E-state index contributed by atoms with van der Waals surface area (Å²) in [5, 5.41) is 0. The molecule has 0 fully saturated rings. The van der Waals surface area contributed by atoms with Crippen molar-refractivity contribution in [2.75, 3.05) is 6.61 Å². The molecule has 1 aromatic heterocycles. The van der Waals surface area contributed by atoms with Crippen LogP contribution in [0.2, 0.25) is 0 Å². The Balaban J connectivity index is 2.19. The summed E-state index contributed by atoms with van der Waals surface area (Å²) in [7, 11) is 0. The van der Waals surface area contributed by atoms with Gasteiger partial charge in [-0.15, -0.1) is 0 Å². The lowest BCUT2D eigenvalue weighted by molar-refractivity contribution is 0.296. The number of rotatable bonds is 11. The Hall–Kier alpha value is -2.16. The number of unbranched alkanes of at least 4 members (excludes halogenated alkanes) is 4. The average molecular weight is 367 g/mol. The molecule has 1 heterocycles. The summed E-state index contributed by atoms with van der Waals surface area (Å²) in [5.74, 6) is 1.52. The molecule has 0 saturated heterocycles. The fourth-order valence-electron chi connectivity index (χ4n) is 3.07. The van der Waals surface area contributed by atoms with Crippen LogP contribution in [-0.2, 0) is 6.42 Å². The van der Waals surface area contributed by atoms with Crippen molar-refractivity contribution in [3.8, 4) is 17.3 Å². The third kappa shape index (κ3) is 6.82. The van der Waals surface area contributed by atoms with Crippen molar-refractivity contribution in [3.05, 3.63) is 53.2 Å². The van der Waals surface area contributed by atoms with Gasteiger partial charge in [0.25, 0.3) is 0 Å². The van der Waals surface area contributed by atoms with Crippen LogP contribution in [-0.4, -0.2) is 16.6 Å². The van der Waals surface area contributed by atoms with Gasteiger partial charge in [-0.25, -0.2) is 4.98 Å².